The van der Waals surface area contributed by atoms with Gasteiger partial charge in [-0.15, -0.1) is 0 Å². The molecule has 0 bridgehead atoms. The molecule has 0 radical (unpaired) electrons. The maximum absolute atomic E-state index is 12.6. The number of aliphatic hydroxyl groups excluding tert-OH is 1. The second-order valence-corrected chi connectivity index (χ2v) is 12.9. The smallest absolute Gasteiger partial charge is 0.311 e. The molecule has 0 saturated heterocycles. The number of nitrogens with zero attached hydrogens (tertiary/aromatic N) is 1. The topological polar surface area (TPSA) is 141 Å². The van der Waals surface area contributed by atoms with Gasteiger partial charge in [-0.05, 0) is 66.8 Å². The summed E-state index contributed by atoms with van der Waals surface area (Å²) < 4.78 is 59.2. The van der Waals surface area contributed by atoms with Crippen LogP contribution >= 0.6 is 0 Å². The van der Waals surface area contributed by atoms with Crippen molar-refractivity contribution in [3.8, 4) is 23.0 Å². The van der Waals surface area contributed by atoms with Gasteiger partial charge in [0.1, 0.15) is 16.2 Å². The predicted octanol–water partition coefficient (Wildman–Crippen LogP) is 4.69. The largest absolute Gasteiger partial charge is 0.744 e. The summed E-state index contributed by atoms with van der Waals surface area (Å²) in [4.78, 5) is 12.4. The Labute approximate surface area is 278 Å². The van der Waals surface area contributed by atoms with Crippen molar-refractivity contribution in [2.75, 3.05) is 61.8 Å². The Balaban J connectivity index is 0.000000511. The van der Waals surface area contributed by atoms with Crippen molar-refractivity contribution in [2.45, 2.75) is 49.5 Å². The lowest BCUT2D eigenvalue weighted by atomic mass is 9.86. The van der Waals surface area contributed by atoms with Gasteiger partial charge >= 0.3 is 5.97 Å². The second kappa shape index (κ2) is 17.9. The molecule has 1 N–H and O–H groups in total. The van der Waals surface area contributed by atoms with Crippen LogP contribution in [0.3, 0.4) is 0 Å². The zero-order valence-electron chi connectivity index (χ0n) is 27.9. The van der Waals surface area contributed by atoms with E-state index in [1.165, 1.54) is 35.4 Å². The van der Waals surface area contributed by atoms with E-state index >= 15 is 0 Å². The number of ether oxygens (including phenoxy) is 5. The Kier molecular flexibility index (Phi) is 14.3. The van der Waals surface area contributed by atoms with E-state index in [1.54, 1.807) is 34.5 Å². The fourth-order valence-electron chi connectivity index (χ4n) is 5.74. The molecule has 1 aliphatic heterocycles. The van der Waals surface area contributed by atoms with E-state index < -0.39 is 10.1 Å². The van der Waals surface area contributed by atoms with E-state index in [-0.39, 0.29) is 23.5 Å². The summed E-state index contributed by atoms with van der Waals surface area (Å²) in [6.45, 7) is 2.13. The van der Waals surface area contributed by atoms with Gasteiger partial charge in [-0.25, -0.2) is 8.42 Å². The van der Waals surface area contributed by atoms with Crippen molar-refractivity contribution in [3.05, 3.63) is 77.4 Å². The average Bonchev–Trinajstić information content (AvgIpc) is 3.08. The summed E-state index contributed by atoms with van der Waals surface area (Å²) in [6.07, 6.45) is 4.35. The third-order valence-electron chi connectivity index (χ3n) is 8.45. The molecule has 0 saturated carbocycles. The van der Waals surface area contributed by atoms with Gasteiger partial charge in [0.15, 0.2) is 23.0 Å². The fourth-order valence-corrected chi connectivity index (χ4v) is 6.23. The van der Waals surface area contributed by atoms with Gasteiger partial charge in [-0.1, -0.05) is 24.3 Å². The number of unbranched alkanes of at least 4 members (excludes halogenated alkanes) is 2. The standard InChI is InChI=1S/C29H42NO7.C6H6O3S/c1-30(14-12-29(32)37-16-8-6-7-15-31)13-11-22-19-27(35-4)28(36-5)20-23(22)24(30)17-21-9-10-25(33-2)26(18-21)34-3;7-10(8,9)6-4-2-1-3-5-6/h9-10,18-20,24,31H,6-8,11-17H2,1-5H3;1-5H,(H,7,8,9)/q+1;/p-1/t24-,30-;/m1./s1. The Bertz CT molecular complexity index is 1550. The van der Waals surface area contributed by atoms with E-state index in [1.807, 2.05) is 12.1 Å². The summed E-state index contributed by atoms with van der Waals surface area (Å²) >= 11 is 0. The minimum absolute atomic E-state index is 0.0963. The highest BCUT2D eigenvalue weighted by Crippen LogP contribution is 2.43. The number of methoxy groups -OCH3 is 4. The first-order valence-corrected chi connectivity index (χ1v) is 17.0. The van der Waals surface area contributed by atoms with Crippen LogP contribution in [0.15, 0.2) is 65.6 Å². The maximum atomic E-state index is 12.6. The summed E-state index contributed by atoms with van der Waals surface area (Å²) in [6, 6.07) is 17.5. The average molecular weight is 674 g/mol. The summed E-state index contributed by atoms with van der Waals surface area (Å²) in [7, 11) is 4.56. The number of benzene rings is 3. The molecule has 0 spiro atoms. The van der Waals surface area contributed by atoms with Crippen LogP contribution in [0.25, 0.3) is 0 Å². The molecular formula is C35H47NO10S. The fraction of sp³-hybridized carbons (Fsp3) is 0.457. The van der Waals surface area contributed by atoms with Crippen LogP contribution in [0.4, 0.5) is 0 Å². The van der Waals surface area contributed by atoms with Crippen LogP contribution in [0.1, 0.15) is 48.4 Å². The van der Waals surface area contributed by atoms with Gasteiger partial charge in [-0.2, -0.15) is 0 Å². The van der Waals surface area contributed by atoms with Gasteiger partial charge in [0, 0.05) is 25.0 Å². The lowest BCUT2D eigenvalue weighted by Crippen LogP contribution is -2.53. The van der Waals surface area contributed by atoms with Crippen LogP contribution in [0, 0.1) is 0 Å². The summed E-state index contributed by atoms with van der Waals surface area (Å²) in [5.41, 5.74) is 3.57. The van der Waals surface area contributed by atoms with Crippen LogP contribution in [-0.2, 0) is 32.5 Å². The molecule has 11 nitrogen and oxygen atoms in total. The number of aliphatic hydroxyl groups is 1. The maximum Gasteiger partial charge on any atom is 0.311 e. The Hall–Kier alpha value is -3.84. The van der Waals surface area contributed by atoms with E-state index in [9.17, 15) is 17.8 Å². The highest BCUT2D eigenvalue weighted by Gasteiger charge is 2.40. The number of esters is 1. The SMILES string of the molecule is COc1ccc(C[C@@H]2c3cc(OC)c(OC)cc3CC[N@+]2(C)CCC(=O)OCCCCCO)cc1OC.O=S(=O)([O-])c1ccccc1. The lowest BCUT2D eigenvalue weighted by Gasteiger charge is -2.46. The van der Waals surface area contributed by atoms with Crippen LogP contribution in [-0.4, -0.2) is 90.3 Å². The normalized spacial score (nSPS) is 17.0. The molecule has 4 rings (SSSR count). The molecule has 0 aromatic heterocycles. The first-order valence-electron chi connectivity index (χ1n) is 15.6. The molecule has 3 aromatic rings. The van der Waals surface area contributed by atoms with Crippen LogP contribution in [0.2, 0.25) is 0 Å². The Morgan fingerprint density at radius 2 is 1.51 bits per heavy atom. The minimum Gasteiger partial charge on any atom is -0.744 e. The second-order valence-electron chi connectivity index (χ2n) is 11.5. The van der Waals surface area contributed by atoms with Crippen molar-refractivity contribution in [1.29, 1.82) is 0 Å². The van der Waals surface area contributed by atoms with Gasteiger partial charge in [-0.3, -0.25) is 4.79 Å². The van der Waals surface area contributed by atoms with E-state index in [0.29, 0.717) is 41.3 Å². The van der Waals surface area contributed by atoms with Crippen molar-refractivity contribution >= 4 is 16.1 Å². The summed E-state index contributed by atoms with van der Waals surface area (Å²) in [5, 5.41) is 8.91. The molecule has 2 atom stereocenters. The minimum atomic E-state index is -4.25. The number of hydrogen-bond acceptors (Lipinski definition) is 10. The highest BCUT2D eigenvalue weighted by molar-refractivity contribution is 7.85. The number of fused-ring (bicyclic) bond motifs is 1. The van der Waals surface area contributed by atoms with Gasteiger partial charge in [0.2, 0.25) is 0 Å². The van der Waals surface area contributed by atoms with Crippen molar-refractivity contribution in [1.82, 2.24) is 0 Å². The van der Waals surface area contributed by atoms with Gasteiger partial charge in [0.05, 0.1) is 66.5 Å². The van der Waals surface area contributed by atoms with Crippen LogP contribution < -0.4 is 18.9 Å². The number of likely N-dealkylation sites (N-methyl/N-ethyl adjacent to an activating group) is 1. The molecule has 258 valence electrons. The van der Waals surface area contributed by atoms with Gasteiger partial charge in [0.25, 0.3) is 0 Å². The number of quaternary nitrogens is 1. The number of carbonyl (C=O) groups is 1. The number of hydrogen-bond donors (Lipinski definition) is 1. The molecule has 0 aliphatic carbocycles. The molecule has 1 aliphatic rings. The van der Waals surface area contributed by atoms with E-state index in [4.69, 9.17) is 28.8 Å². The molecule has 0 unspecified atom stereocenters. The monoisotopic (exact) mass is 673 g/mol. The van der Waals surface area contributed by atoms with Crippen LogP contribution in [0.5, 0.6) is 23.0 Å². The Morgan fingerprint density at radius 1 is 0.872 bits per heavy atom. The number of rotatable bonds is 15. The third kappa shape index (κ3) is 10.6. The Morgan fingerprint density at radius 3 is 2.11 bits per heavy atom. The first-order chi connectivity index (χ1) is 22.5. The summed E-state index contributed by atoms with van der Waals surface area (Å²) in [5.74, 6) is 2.65. The van der Waals surface area contributed by atoms with Crippen molar-refractivity contribution in [3.63, 3.8) is 0 Å². The van der Waals surface area contributed by atoms with Gasteiger partial charge < -0.3 is 37.8 Å². The molecule has 0 fully saturated rings. The molecule has 0 amide bonds. The first kappa shape index (κ1) is 37.6. The molecule has 12 heteroatoms. The lowest BCUT2D eigenvalue weighted by molar-refractivity contribution is -0.940. The zero-order chi connectivity index (χ0) is 34.5. The zero-order valence-corrected chi connectivity index (χ0v) is 28.7. The predicted molar refractivity (Wildman–Crippen MR) is 176 cm³/mol. The van der Waals surface area contributed by atoms with Crippen molar-refractivity contribution < 1.29 is 51.0 Å². The van der Waals surface area contributed by atoms with E-state index in [2.05, 4.69) is 25.2 Å². The molecule has 1 heterocycles. The molecule has 3 aromatic carbocycles. The molecular weight excluding hydrogens is 626 g/mol. The highest BCUT2D eigenvalue weighted by atomic mass is 32.2. The number of carbonyl (C=O) groups excluding carboxylic acids is 1. The molecule has 47 heavy (non-hydrogen) atoms. The third-order valence-corrected chi connectivity index (χ3v) is 9.30. The quantitative estimate of drug-likeness (QED) is 0.105. The van der Waals surface area contributed by atoms with Crippen molar-refractivity contribution in [2.24, 2.45) is 0 Å². The van der Waals surface area contributed by atoms with E-state index in [0.717, 1.165) is 50.0 Å².